The number of carbonyl (C=O) groups excluding carboxylic acids is 1. The lowest BCUT2D eigenvalue weighted by atomic mass is 10.1. The van der Waals surface area contributed by atoms with Gasteiger partial charge in [0.1, 0.15) is 6.10 Å². The molecule has 0 aromatic carbocycles. The molecule has 1 aliphatic rings. The number of nitrogens with zero attached hydrogens (tertiary/aromatic N) is 4. The van der Waals surface area contributed by atoms with Crippen LogP contribution in [-0.2, 0) is 17.7 Å². The van der Waals surface area contributed by atoms with Crippen LogP contribution in [0.15, 0.2) is 30.6 Å². The van der Waals surface area contributed by atoms with Crippen molar-refractivity contribution in [1.82, 2.24) is 25.0 Å². The number of ether oxygens (including phenoxy) is 1. The fraction of sp³-hybridized carbons (Fsp3) is 0.438. The number of hydrogen-bond donors (Lipinski definition) is 1. The van der Waals surface area contributed by atoms with Crippen LogP contribution in [0.1, 0.15) is 23.1 Å². The number of nitrogens with one attached hydrogen (secondary N) is 1. The Morgan fingerprint density at radius 3 is 3.09 bits per heavy atom. The molecule has 0 aliphatic carbocycles. The van der Waals surface area contributed by atoms with E-state index in [0.717, 1.165) is 17.8 Å². The Hall–Kier alpha value is -2.41. The molecule has 3 rings (SSSR count). The Morgan fingerprint density at radius 2 is 2.35 bits per heavy atom. The standard InChI is InChI=1S/C16H21N5O2/c1-20(2)16(22)18-9-14-15-12(6-8-23-14)10-21(19-15)11-13-5-3-4-7-17-13/h3-5,7,10,14H,6,8-9,11H2,1-2H3,(H,18,22). The Balaban J connectivity index is 1.70. The molecule has 0 saturated carbocycles. The summed E-state index contributed by atoms with van der Waals surface area (Å²) in [6.45, 7) is 1.69. The number of carbonyl (C=O) groups is 1. The summed E-state index contributed by atoms with van der Waals surface area (Å²) in [5.41, 5.74) is 3.05. The number of urea groups is 1. The molecule has 1 unspecified atom stereocenters. The average Bonchev–Trinajstić information content (AvgIpc) is 2.96. The summed E-state index contributed by atoms with van der Waals surface area (Å²) in [4.78, 5) is 17.5. The summed E-state index contributed by atoms with van der Waals surface area (Å²) >= 11 is 0. The summed E-state index contributed by atoms with van der Waals surface area (Å²) in [7, 11) is 3.42. The minimum absolute atomic E-state index is 0.131. The molecule has 0 spiro atoms. The van der Waals surface area contributed by atoms with Crippen molar-refractivity contribution in [2.45, 2.75) is 19.1 Å². The number of hydrogen-bond acceptors (Lipinski definition) is 4. The van der Waals surface area contributed by atoms with E-state index < -0.39 is 0 Å². The van der Waals surface area contributed by atoms with Crippen molar-refractivity contribution >= 4 is 6.03 Å². The number of fused-ring (bicyclic) bond motifs is 1. The lowest BCUT2D eigenvalue weighted by Crippen LogP contribution is -2.38. The van der Waals surface area contributed by atoms with Gasteiger partial charge in [0.25, 0.3) is 0 Å². The molecule has 0 radical (unpaired) electrons. The molecule has 23 heavy (non-hydrogen) atoms. The highest BCUT2D eigenvalue weighted by Gasteiger charge is 2.25. The second-order valence-corrected chi connectivity index (χ2v) is 5.75. The predicted octanol–water partition coefficient (Wildman–Crippen LogP) is 1.21. The molecular weight excluding hydrogens is 294 g/mol. The van der Waals surface area contributed by atoms with Crippen LogP contribution < -0.4 is 5.32 Å². The summed E-state index contributed by atoms with van der Waals surface area (Å²) < 4.78 is 7.66. The molecule has 122 valence electrons. The van der Waals surface area contributed by atoms with E-state index in [1.807, 2.05) is 29.1 Å². The molecule has 0 bridgehead atoms. The fourth-order valence-corrected chi connectivity index (χ4v) is 2.56. The average molecular weight is 315 g/mol. The third-order valence-corrected chi connectivity index (χ3v) is 3.76. The maximum atomic E-state index is 11.7. The molecule has 2 aromatic rings. The highest BCUT2D eigenvalue weighted by Crippen LogP contribution is 2.25. The van der Waals surface area contributed by atoms with E-state index in [0.29, 0.717) is 19.7 Å². The van der Waals surface area contributed by atoms with Gasteiger partial charge in [0.15, 0.2) is 0 Å². The Bertz CT molecular complexity index is 668. The number of amides is 2. The van der Waals surface area contributed by atoms with Gasteiger partial charge in [-0.3, -0.25) is 9.67 Å². The molecule has 0 fully saturated rings. The quantitative estimate of drug-likeness (QED) is 0.920. The first-order chi connectivity index (χ1) is 11.1. The van der Waals surface area contributed by atoms with E-state index >= 15 is 0 Å². The van der Waals surface area contributed by atoms with Gasteiger partial charge in [-0.1, -0.05) is 6.07 Å². The highest BCUT2D eigenvalue weighted by molar-refractivity contribution is 5.73. The van der Waals surface area contributed by atoms with Crippen LogP contribution in [0.4, 0.5) is 4.79 Å². The second kappa shape index (κ2) is 6.78. The van der Waals surface area contributed by atoms with Gasteiger partial charge in [0.05, 0.1) is 31.1 Å². The molecule has 1 atom stereocenters. The van der Waals surface area contributed by atoms with Crippen LogP contribution in [-0.4, -0.2) is 52.9 Å². The molecule has 2 aromatic heterocycles. The third-order valence-electron chi connectivity index (χ3n) is 3.76. The molecule has 0 saturated heterocycles. The lowest BCUT2D eigenvalue weighted by Gasteiger charge is -2.23. The van der Waals surface area contributed by atoms with E-state index in [2.05, 4.69) is 15.4 Å². The molecule has 3 heterocycles. The minimum Gasteiger partial charge on any atom is -0.370 e. The predicted molar refractivity (Wildman–Crippen MR) is 85.0 cm³/mol. The van der Waals surface area contributed by atoms with Crippen molar-refractivity contribution in [1.29, 1.82) is 0 Å². The van der Waals surface area contributed by atoms with E-state index in [1.54, 1.807) is 20.3 Å². The van der Waals surface area contributed by atoms with Crippen molar-refractivity contribution in [2.24, 2.45) is 0 Å². The monoisotopic (exact) mass is 315 g/mol. The third kappa shape index (κ3) is 3.68. The molecule has 1 aliphatic heterocycles. The van der Waals surface area contributed by atoms with Gasteiger partial charge in [0, 0.05) is 26.5 Å². The van der Waals surface area contributed by atoms with E-state index in [-0.39, 0.29) is 12.1 Å². The zero-order valence-electron chi connectivity index (χ0n) is 13.4. The largest absolute Gasteiger partial charge is 0.370 e. The van der Waals surface area contributed by atoms with Gasteiger partial charge < -0.3 is 15.0 Å². The van der Waals surface area contributed by atoms with Gasteiger partial charge in [-0.25, -0.2) is 4.79 Å². The van der Waals surface area contributed by atoms with Crippen LogP contribution >= 0.6 is 0 Å². The highest BCUT2D eigenvalue weighted by atomic mass is 16.5. The van der Waals surface area contributed by atoms with E-state index in [4.69, 9.17) is 4.74 Å². The van der Waals surface area contributed by atoms with Crippen molar-refractivity contribution < 1.29 is 9.53 Å². The minimum atomic E-state index is -0.201. The van der Waals surface area contributed by atoms with Crippen LogP contribution in [0.3, 0.4) is 0 Å². The lowest BCUT2D eigenvalue weighted by molar-refractivity contribution is 0.0405. The first-order valence-corrected chi connectivity index (χ1v) is 7.66. The Labute approximate surface area is 135 Å². The number of aromatic nitrogens is 3. The summed E-state index contributed by atoms with van der Waals surface area (Å²) in [6, 6.07) is 5.71. The smallest absolute Gasteiger partial charge is 0.316 e. The van der Waals surface area contributed by atoms with Crippen LogP contribution in [0.2, 0.25) is 0 Å². The SMILES string of the molecule is CN(C)C(=O)NCC1OCCc2cn(Cc3ccccn3)nc21. The Kier molecular flexibility index (Phi) is 4.57. The van der Waals surface area contributed by atoms with Gasteiger partial charge in [-0.2, -0.15) is 5.10 Å². The molecule has 7 nitrogen and oxygen atoms in total. The summed E-state index contributed by atoms with van der Waals surface area (Å²) in [6.07, 6.45) is 4.47. The molecular formula is C16H21N5O2. The normalized spacial score (nSPS) is 16.7. The zero-order valence-corrected chi connectivity index (χ0v) is 13.4. The zero-order chi connectivity index (χ0) is 16.2. The van der Waals surface area contributed by atoms with Crippen LogP contribution in [0.25, 0.3) is 0 Å². The van der Waals surface area contributed by atoms with E-state index in [9.17, 15) is 4.79 Å². The summed E-state index contributed by atoms with van der Waals surface area (Å²) in [5, 5.41) is 7.49. The van der Waals surface area contributed by atoms with Gasteiger partial charge in [-0.05, 0) is 24.1 Å². The van der Waals surface area contributed by atoms with Crippen molar-refractivity contribution in [3.63, 3.8) is 0 Å². The Morgan fingerprint density at radius 1 is 1.48 bits per heavy atom. The molecule has 2 amide bonds. The topological polar surface area (TPSA) is 72.3 Å². The maximum absolute atomic E-state index is 11.7. The second-order valence-electron chi connectivity index (χ2n) is 5.75. The van der Waals surface area contributed by atoms with Crippen molar-refractivity contribution in [2.75, 3.05) is 27.2 Å². The number of rotatable bonds is 4. The first kappa shape index (κ1) is 15.5. The van der Waals surface area contributed by atoms with E-state index in [1.165, 1.54) is 10.5 Å². The maximum Gasteiger partial charge on any atom is 0.316 e. The molecule has 7 heteroatoms. The number of pyridine rings is 1. The van der Waals surface area contributed by atoms with Crippen molar-refractivity contribution in [3.05, 3.63) is 47.5 Å². The van der Waals surface area contributed by atoms with Crippen LogP contribution in [0, 0.1) is 0 Å². The van der Waals surface area contributed by atoms with Crippen LogP contribution in [0.5, 0.6) is 0 Å². The van der Waals surface area contributed by atoms with Gasteiger partial charge >= 0.3 is 6.03 Å². The molecule has 1 N–H and O–H groups in total. The van der Waals surface area contributed by atoms with Gasteiger partial charge in [-0.15, -0.1) is 0 Å². The van der Waals surface area contributed by atoms with Crippen molar-refractivity contribution in [3.8, 4) is 0 Å². The first-order valence-electron chi connectivity index (χ1n) is 7.66. The fourth-order valence-electron chi connectivity index (χ4n) is 2.56. The van der Waals surface area contributed by atoms with Gasteiger partial charge in [0.2, 0.25) is 0 Å². The summed E-state index contributed by atoms with van der Waals surface area (Å²) in [5.74, 6) is 0.